The van der Waals surface area contributed by atoms with Crippen LogP contribution in [0.3, 0.4) is 0 Å². The zero-order chi connectivity index (χ0) is 16.6. The van der Waals surface area contributed by atoms with Crippen molar-refractivity contribution in [1.82, 2.24) is 10.2 Å². The Morgan fingerprint density at radius 2 is 1.62 bits per heavy atom. The second kappa shape index (κ2) is 9.12. The topological polar surface area (TPSA) is 89.9 Å². The number of hydrogen-bond donors (Lipinski definition) is 3. The van der Waals surface area contributed by atoms with Gasteiger partial charge in [0.05, 0.1) is 12.2 Å². The van der Waals surface area contributed by atoms with Crippen LogP contribution in [0.25, 0.3) is 0 Å². The van der Waals surface area contributed by atoms with Gasteiger partial charge in [0.2, 0.25) is 5.91 Å². The summed E-state index contributed by atoms with van der Waals surface area (Å²) < 4.78 is 0. The monoisotopic (exact) mass is 302 g/mol. The van der Waals surface area contributed by atoms with Gasteiger partial charge in [-0.05, 0) is 34.6 Å². The summed E-state index contributed by atoms with van der Waals surface area (Å²) in [7, 11) is 0. The molecule has 0 aliphatic heterocycles. The van der Waals surface area contributed by atoms with Crippen molar-refractivity contribution in [1.29, 1.82) is 0 Å². The van der Waals surface area contributed by atoms with E-state index in [-0.39, 0.29) is 18.1 Å². The van der Waals surface area contributed by atoms with Crippen molar-refractivity contribution in [2.75, 3.05) is 19.6 Å². The smallest absolute Gasteiger partial charge is 0.221 e. The minimum Gasteiger partial charge on any atom is -0.392 e. The van der Waals surface area contributed by atoms with Crippen LogP contribution in [0.15, 0.2) is 0 Å². The number of carbonyl (C=O) groups excluding carboxylic acids is 2. The summed E-state index contributed by atoms with van der Waals surface area (Å²) in [6, 6.07) is 0. The van der Waals surface area contributed by atoms with Gasteiger partial charge < -0.3 is 15.5 Å². The number of rotatable bonds is 10. The highest BCUT2D eigenvalue weighted by Gasteiger charge is 2.22. The van der Waals surface area contributed by atoms with Crippen molar-refractivity contribution in [3.05, 3.63) is 0 Å². The maximum absolute atomic E-state index is 11.9. The van der Waals surface area contributed by atoms with Crippen LogP contribution < -0.4 is 5.32 Å². The highest BCUT2D eigenvalue weighted by atomic mass is 16.3. The number of nitrogens with one attached hydrogen (secondary N) is 1. The molecule has 0 heterocycles. The second-order valence-corrected chi connectivity index (χ2v) is 6.52. The van der Waals surface area contributed by atoms with Gasteiger partial charge in [-0.2, -0.15) is 0 Å². The first-order valence-corrected chi connectivity index (χ1v) is 7.41. The first-order chi connectivity index (χ1) is 9.51. The molecule has 0 aromatic rings. The van der Waals surface area contributed by atoms with Gasteiger partial charge in [-0.1, -0.05) is 0 Å². The van der Waals surface area contributed by atoms with Gasteiger partial charge in [0.15, 0.2) is 0 Å². The summed E-state index contributed by atoms with van der Waals surface area (Å²) in [5.41, 5.74) is -0.553. The Morgan fingerprint density at radius 1 is 1.14 bits per heavy atom. The number of hydrogen-bond acceptors (Lipinski definition) is 5. The fourth-order valence-corrected chi connectivity index (χ4v) is 2.37. The molecule has 0 rings (SSSR count). The van der Waals surface area contributed by atoms with E-state index in [0.29, 0.717) is 26.1 Å². The molecule has 2 atom stereocenters. The lowest BCUT2D eigenvalue weighted by atomic mass is 9.98. The molecule has 0 aliphatic rings. The molecule has 0 aliphatic carbocycles. The predicted octanol–water partition coefficient (Wildman–Crippen LogP) is 0.314. The van der Waals surface area contributed by atoms with Crippen molar-refractivity contribution >= 4 is 11.7 Å². The fourth-order valence-electron chi connectivity index (χ4n) is 2.37. The maximum atomic E-state index is 11.9. The maximum Gasteiger partial charge on any atom is 0.221 e. The van der Waals surface area contributed by atoms with Gasteiger partial charge in [-0.25, -0.2) is 0 Å². The molecular weight excluding hydrogens is 272 g/mol. The zero-order valence-corrected chi connectivity index (χ0v) is 13.8. The van der Waals surface area contributed by atoms with E-state index in [0.717, 1.165) is 0 Å². The summed E-state index contributed by atoms with van der Waals surface area (Å²) >= 11 is 0. The quantitative estimate of drug-likeness (QED) is 0.540. The van der Waals surface area contributed by atoms with Gasteiger partial charge in [0, 0.05) is 38.0 Å². The van der Waals surface area contributed by atoms with Crippen LogP contribution in [0.4, 0.5) is 0 Å². The average Bonchev–Trinajstić information content (AvgIpc) is 2.21. The summed E-state index contributed by atoms with van der Waals surface area (Å²) in [4.78, 5) is 24.9. The van der Waals surface area contributed by atoms with E-state index in [1.165, 1.54) is 6.92 Å². The molecule has 3 N–H and O–H groups in total. The van der Waals surface area contributed by atoms with Crippen molar-refractivity contribution in [3.63, 3.8) is 0 Å². The molecule has 0 radical (unpaired) electrons. The Morgan fingerprint density at radius 3 is 2.00 bits per heavy atom. The standard InChI is InChI=1S/C15H30N2O4/c1-11(18)8-15(4,5)16-14(21)6-7-17(9-12(2)19)10-13(3)20/h12-13,19-20H,6-10H2,1-5H3,(H,16,21). The van der Waals surface area contributed by atoms with Gasteiger partial charge in [0.1, 0.15) is 5.78 Å². The molecule has 2 unspecified atom stereocenters. The molecular formula is C15H30N2O4. The van der Waals surface area contributed by atoms with E-state index in [1.54, 1.807) is 13.8 Å². The molecule has 6 heteroatoms. The SMILES string of the molecule is CC(=O)CC(C)(C)NC(=O)CCN(CC(C)O)CC(C)O. The highest BCUT2D eigenvalue weighted by Crippen LogP contribution is 2.09. The Kier molecular flexibility index (Phi) is 8.70. The van der Waals surface area contributed by atoms with Crippen molar-refractivity contribution < 1.29 is 19.8 Å². The number of aliphatic hydroxyl groups excluding tert-OH is 2. The fraction of sp³-hybridized carbons (Fsp3) is 0.867. The number of aliphatic hydroxyl groups is 2. The Balaban J connectivity index is 4.32. The predicted molar refractivity (Wildman–Crippen MR) is 81.9 cm³/mol. The van der Waals surface area contributed by atoms with Crippen molar-refractivity contribution in [2.24, 2.45) is 0 Å². The average molecular weight is 302 g/mol. The first kappa shape index (κ1) is 20.0. The number of ketones is 1. The highest BCUT2D eigenvalue weighted by molar-refractivity contribution is 5.80. The van der Waals surface area contributed by atoms with E-state index < -0.39 is 17.7 Å². The third-order valence-corrected chi connectivity index (χ3v) is 2.87. The molecule has 0 saturated heterocycles. The molecule has 21 heavy (non-hydrogen) atoms. The molecule has 6 nitrogen and oxygen atoms in total. The number of amides is 1. The summed E-state index contributed by atoms with van der Waals surface area (Å²) in [5, 5.41) is 21.7. The van der Waals surface area contributed by atoms with Crippen LogP contribution in [-0.2, 0) is 9.59 Å². The largest absolute Gasteiger partial charge is 0.392 e. The lowest BCUT2D eigenvalue weighted by Gasteiger charge is -2.27. The number of nitrogens with zero attached hydrogens (tertiary/aromatic N) is 1. The normalized spacial score (nSPS) is 14.9. The lowest BCUT2D eigenvalue weighted by Crippen LogP contribution is -2.46. The summed E-state index contributed by atoms with van der Waals surface area (Å²) in [6.45, 7) is 9.75. The summed E-state index contributed by atoms with van der Waals surface area (Å²) in [5.74, 6) is -0.104. The van der Waals surface area contributed by atoms with Gasteiger partial charge in [0.25, 0.3) is 0 Å². The Labute approximate surface area is 127 Å². The van der Waals surface area contributed by atoms with Gasteiger partial charge in [-0.3, -0.25) is 14.5 Å². The molecule has 0 aromatic carbocycles. The number of carbonyl (C=O) groups is 2. The Bertz CT molecular complexity index is 331. The second-order valence-electron chi connectivity index (χ2n) is 6.52. The third-order valence-electron chi connectivity index (χ3n) is 2.87. The molecule has 0 spiro atoms. The third kappa shape index (κ3) is 11.4. The summed E-state index contributed by atoms with van der Waals surface area (Å²) in [6.07, 6.45) is -0.466. The van der Waals surface area contributed by atoms with E-state index in [9.17, 15) is 19.8 Å². The van der Waals surface area contributed by atoms with E-state index >= 15 is 0 Å². The molecule has 0 fully saturated rings. The van der Waals surface area contributed by atoms with Crippen LogP contribution in [0, 0.1) is 0 Å². The first-order valence-electron chi connectivity index (χ1n) is 7.41. The van der Waals surface area contributed by atoms with Crippen LogP contribution in [0.1, 0.15) is 47.5 Å². The minimum absolute atomic E-state index is 0.0325. The van der Waals surface area contributed by atoms with Crippen LogP contribution in [0.5, 0.6) is 0 Å². The van der Waals surface area contributed by atoms with Crippen LogP contribution >= 0.6 is 0 Å². The van der Waals surface area contributed by atoms with Gasteiger partial charge >= 0.3 is 0 Å². The van der Waals surface area contributed by atoms with E-state index in [1.807, 2.05) is 18.7 Å². The molecule has 0 aromatic heterocycles. The van der Waals surface area contributed by atoms with E-state index in [2.05, 4.69) is 5.32 Å². The Hall–Kier alpha value is -0.980. The molecule has 0 bridgehead atoms. The minimum atomic E-state index is -0.553. The van der Waals surface area contributed by atoms with Crippen molar-refractivity contribution in [2.45, 2.75) is 65.2 Å². The molecule has 1 amide bonds. The number of Topliss-reactive ketones (excluding diaryl/α,β-unsaturated/α-hetero) is 1. The molecule has 0 saturated carbocycles. The molecule has 124 valence electrons. The van der Waals surface area contributed by atoms with Crippen LogP contribution in [-0.4, -0.2) is 64.2 Å². The lowest BCUT2D eigenvalue weighted by molar-refractivity contribution is -0.124. The van der Waals surface area contributed by atoms with E-state index in [4.69, 9.17) is 0 Å². The zero-order valence-electron chi connectivity index (χ0n) is 13.8. The van der Waals surface area contributed by atoms with Crippen molar-refractivity contribution in [3.8, 4) is 0 Å². The van der Waals surface area contributed by atoms with Gasteiger partial charge in [-0.15, -0.1) is 0 Å². The van der Waals surface area contributed by atoms with Crippen LogP contribution in [0.2, 0.25) is 0 Å².